The van der Waals surface area contributed by atoms with Gasteiger partial charge in [0.2, 0.25) is 6.54 Å². The van der Waals surface area contributed by atoms with Gasteiger partial charge in [-0.1, -0.05) is 60.7 Å². The van der Waals surface area contributed by atoms with E-state index in [2.05, 4.69) is 0 Å². The molecular weight excluding hydrogens is 376 g/mol. The van der Waals surface area contributed by atoms with Crippen LogP contribution in [0.15, 0.2) is 60.7 Å². The Labute approximate surface area is 169 Å². The van der Waals surface area contributed by atoms with Crippen LogP contribution in [0.3, 0.4) is 0 Å². The fourth-order valence-corrected chi connectivity index (χ4v) is 2.65. The van der Waals surface area contributed by atoms with Gasteiger partial charge in [0, 0.05) is 18.4 Å². The van der Waals surface area contributed by atoms with Gasteiger partial charge in [-0.2, -0.15) is 0 Å². The Morgan fingerprint density at radius 3 is 2.00 bits per heavy atom. The van der Waals surface area contributed by atoms with Gasteiger partial charge < -0.3 is 14.4 Å². The number of esters is 1. The van der Waals surface area contributed by atoms with Crippen LogP contribution in [-0.4, -0.2) is 41.5 Å². The molecule has 29 heavy (non-hydrogen) atoms. The largest absolute Gasteiger partial charge is 0.461 e. The third-order valence-corrected chi connectivity index (χ3v) is 4.33. The van der Waals surface area contributed by atoms with Crippen molar-refractivity contribution in [1.29, 1.82) is 0 Å². The molecule has 1 amide bonds. The van der Waals surface area contributed by atoms with Crippen LogP contribution in [0, 0.1) is 10.1 Å². The van der Waals surface area contributed by atoms with Gasteiger partial charge in [0.25, 0.3) is 0 Å². The molecule has 0 fully saturated rings. The normalized spacial score (nSPS) is 11.3. The third kappa shape index (κ3) is 8.00. The number of carbonyl (C=O) groups excluding carboxylic acids is 2. The van der Waals surface area contributed by atoms with Crippen LogP contribution in [0.2, 0.25) is 0 Å². The van der Waals surface area contributed by atoms with Crippen molar-refractivity contribution in [2.75, 3.05) is 13.6 Å². The molecule has 1 atom stereocenters. The number of hydrogen-bond donors (Lipinski definition) is 0. The summed E-state index contributed by atoms with van der Waals surface area (Å²) < 4.78 is 10.5. The molecule has 0 spiro atoms. The first-order valence-electron chi connectivity index (χ1n) is 9.20. The predicted octanol–water partition coefficient (Wildman–Crippen LogP) is 3.42. The van der Waals surface area contributed by atoms with Crippen LogP contribution in [-0.2, 0) is 27.5 Å². The molecular formula is C21H24N2O6. The first-order valence-corrected chi connectivity index (χ1v) is 9.20. The summed E-state index contributed by atoms with van der Waals surface area (Å²) in [6, 6.07) is 17.6. The van der Waals surface area contributed by atoms with Crippen LogP contribution < -0.4 is 0 Å². The molecule has 0 aromatic heterocycles. The zero-order chi connectivity index (χ0) is 21.1. The molecule has 0 heterocycles. The smallest absolute Gasteiger partial charge is 0.410 e. The van der Waals surface area contributed by atoms with Gasteiger partial charge in [-0.25, -0.2) is 4.79 Å². The number of hydrogen-bond acceptors (Lipinski definition) is 6. The fourth-order valence-electron chi connectivity index (χ4n) is 2.65. The maximum Gasteiger partial charge on any atom is 0.410 e. The summed E-state index contributed by atoms with van der Waals surface area (Å²) in [5, 5.41) is 10.8. The van der Waals surface area contributed by atoms with Crippen LogP contribution >= 0.6 is 0 Å². The first kappa shape index (κ1) is 21.9. The van der Waals surface area contributed by atoms with E-state index in [-0.39, 0.29) is 32.6 Å². The molecule has 0 saturated heterocycles. The van der Waals surface area contributed by atoms with Crippen molar-refractivity contribution in [2.24, 2.45) is 0 Å². The van der Waals surface area contributed by atoms with Crippen molar-refractivity contribution in [3.63, 3.8) is 0 Å². The second-order valence-corrected chi connectivity index (χ2v) is 6.50. The maximum absolute atomic E-state index is 12.3. The lowest BCUT2D eigenvalue weighted by atomic mass is 10.1. The quantitative estimate of drug-likeness (QED) is 0.344. The number of carbonyl (C=O) groups is 2. The average Bonchev–Trinajstić information content (AvgIpc) is 2.74. The summed E-state index contributed by atoms with van der Waals surface area (Å²) in [4.78, 5) is 36.0. The monoisotopic (exact) mass is 400 g/mol. The summed E-state index contributed by atoms with van der Waals surface area (Å²) in [5.41, 5.74) is 1.65. The lowest BCUT2D eigenvalue weighted by molar-refractivity contribution is -0.481. The Hall–Kier alpha value is -3.42. The minimum absolute atomic E-state index is 0.0182. The van der Waals surface area contributed by atoms with Crippen LogP contribution in [0.1, 0.15) is 24.0 Å². The van der Waals surface area contributed by atoms with Crippen molar-refractivity contribution >= 4 is 12.1 Å². The Kier molecular flexibility index (Phi) is 8.62. The van der Waals surface area contributed by atoms with E-state index < -0.39 is 23.0 Å². The van der Waals surface area contributed by atoms with E-state index >= 15 is 0 Å². The topological polar surface area (TPSA) is 99.0 Å². The van der Waals surface area contributed by atoms with E-state index in [9.17, 15) is 19.7 Å². The van der Waals surface area contributed by atoms with Crippen molar-refractivity contribution in [3.05, 3.63) is 81.9 Å². The summed E-state index contributed by atoms with van der Waals surface area (Å²) in [6.45, 7) is -0.193. The Morgan fingerprint density at radius 2 is 1.48 bits per heavy atom. The third-order valence-electron chi connectivity index (χ3n) is 4.33. The maximum atomic E-state index is 12.3. The number of benzene rings is 2. The zero-order valence-electron chi connectivity index (χ0n) is 16.2. The standard InChI is InChI=1S/C21H24N2O6/c1-22(21(25)29-16-18-10-6-3-7-11-18)19(12-13-23(26)27)14-20(24)28-15-17-8-4-2-5-9-17/h2-11,19H,12-16H2,1H3. The number of rotatable bonds is 10. The molecule has 0 bridgehead atoms. The van der Waals surface area contributed by atoms with E-state index in [0.717, 1.165) is 11.1 Å². The summed E-state index contributed by atoms with van der Waals surface area (Å²) in [7, 11) is 1.46. The highest BCUT2D eigenvalue weighted by Gasteiger charge is 2.26. The molecule has 1 unspecified atom stereocenters. The molecule has 2 aromatic rings. The molecule has 0 radical (unpaired) electrons. The Morgan fingerprint density at radius 1 is 0.966 bits per heavy atom. The van der Waals surface area contributed by atoms with Gasteiger partial charge >= 0.3 is 12.1 Å². The van der Waals surface area contributed by atoms with Crippen molar-refractivity contribution in [2.45, 2.75) is 32.1 Å². The molecule has 8 heteroatoms. The molecule has 0 N–H and O–H groups in total. The first-order chi connectivity index (χ1) is 14.0. The van der Waals surface area contributed by atoms with E-state index in [1.165, 1.54) is 11.9 Å². The van der Waals surface area contributed by atoms with E-state index in [1.54, 1.807) is 0 Å². The Bertz CT molecular complexity index is 797. The van der Waals surface area contributed by atoms with Crippen LogP contribution in [0.5, 0.6) is 0 Å². The van der Waals surface area contributed by atoms with E-state index in [1.807, 2.05) is 60.7 Å². The van der Waals surface area contributed by atoms with Crippen LogP contribution in [0.4, 0.5) is 4.79 Å². The number of nitro groups is 1. The van der Waals surface area contributed by atoms with Gasteiger partial charge in [0.15, 0.2) is 0 Å². The SMILES string of the molecule is CN(C(=O)OCc1ccccc1)C(CC[N+](=O)[O-])CC(=O)OCc1ccccc1. The lowest BCUT2D eigenvalue weighted by Gasteiger charge is -2.26. The number of nitrogens with zero attached hydrogens (tertiary/aromatic N) is 2. The fraction of sp³-hybridized carbons (Fsp3) is 0.333. The van der Waals surface area contributed by atoms with Crippen molar-refractivity contribution < 1.29 is 24.0 Å². The van der Waals surface area contributed by atoms with Gasteiger partial charge in [0.1, 0.15) is 13.2 Å². The van der Waals surface area contributed by atoms with Gasteiger partial charge in [0.05, 0.1) is 12.5 Å². The molecule has 8 nitrogen and oxygen atoms in total. The second kappa shape index (κ2) is 11.4. The van der Waals surface area contributed by atoms with Gasteiger partial charge in [-0.15, -0.1) is 0 Å². The molecule has 0 aliphatic heterocycles. The molecule has 2 aromatic carbocycles. The van der Waals surface area contributed by atoms with Crippen molar-refractivity contribution in [1.82, 2.24) is 4.90 Å². The molecule has 0 saturated carbocycles. The summed E-state index contributed by atoms with van der Waals surface area (Å²) in [5.74, 6) is -0.537. The average molecular weight is 400 g/mol. The van der Waals surface area contributed by atoms with Crippen molar-refractivity contribution in [3.8, 4) is 0 Å². The van der Waals surface area contributed by atoms with Gasteiger partial charge in [-0.05, 0) is 11.1 Å². The highest BCUT2D eigenvalue weighted by atomic mass is 16.6. The highest BCUT2D eigenvalue weighted by molar-refractivity contribution is 5.72. The van der Waals surface area contributed by atoms with Crippen LogP contribution in [0.25, 0.3) is 0 Å². The molecule has 154 valence electrons. The van der Waals surface area contributed by atoms with E-state index in [0.29, 0.717) is 0 Å². The minimum atomic E-state index is -0.702. The summed E-state index contributed by atoms with van der Waals surface area (Å²) in [6.07, 6.45) is -0.791. The predicted molar refractivity (Wildman–Crippen MR) is 106 cm³/mol. The lowest BCUT2D eigenvalue weighted by Crippen LogP contribution is -2.40. The molecule has 2 rings (SSSR count). The van der Waals surface area contributed by atoms with E-state index in [4.69, 9.17) is 9.47 Å². The Balaban J connectivity index is 1.91. The highest BCUT2D eigenvalue weighted by Crippen LogP contribution is 2.13. The molecule has 0 aliphatic carbocycles. The zero-order valence-corrected chi connectivity index (χ0v) is 16.2. The summed E-state index contributed by atoms with van der Waals surface area (Å²) >= 11 is 0. The molecule has 0 aliphatic rings. The second-order valence-electron chi connectivity index (χ2n) is 6.50. The van der Waals surface area contributed by atoms with Gasteiger partial charge in [-0.3, -0.25) is 14.9 Å². The number of amides is 1. The minimum Gasteiger partial charge on any atom is -0.461 e. The number of ether oxygens (including phenoxy) is 2.